The van der Waals surface area contributed by atoms with Crippen molar-refractivity contribution in [2.75, 3.05) is 7.11 Å². The highest BCUT2D eigenvalue weighted by molar-refractivity contribution is 6.42. The van der Waals surface area contributed by atoms with Gasteiger partial charge in [-0.05, 0) is 55.8 Å². The highest BCUT2D eigenvalue weighted by Crippen LogP contribution is 2.26. The van der Waals surface area contributed by atoms with E-state index < -0.39 is 29.5 Å². The molecule has 1 fully saturated rings. The Kier molecular flexibility index (Phi) is 6.97. The standard InChI is InChI=1S/C22H20Cl2N2O5/c1-13(21(29)14-6-9-16(31-2)10-7-14)25(26-19(27)4-3-5-20(26)28)22(30)15-8-11-17(23)18(24)12-15/h6-13H,3-5H2,1-2H3/t13-/m0/s1. The Morgan fingerprint density at radius 3 is 2.10 bits per heavy atom. The van der Waals surface area contributed by atoms with E-state index in [1.165, 1.54) is 32.2 Å². The van der Waals surface area contributed by atoms with Crippen LogP contribution in [0.1, 0.15) is 46.9 Å². The molecule has 0 saturated carbocycles. The van der Waals surface area contributed by atoms with Crippen LogP contribution in [0.25, 0.3) is 0 Å². The molecule has 1 saturated heterocycles. The lowest BCUT2D eigenvalue weighted by molar-refractivity contribution is -0.165. The summed E-state index contributed by atoms with van der Waals surface area (Å²) in [6.07, 6.45) is 0.588. The molecular formula is C22H20Cl2N2O5. The summed E-state index contributed by atoms with van der Waals surface area (Å²) in [4.78, 5) is 51.7. The number of hydrazine groups is 1. The third kappa shape index (κ3) is 4.73. The van der Waals surface area contributed by atoms with Crippen LogP contribution in [-0.2, 0) is 9.59 Å². The van der Waals surface area contributed by atoms with E-state index >= 15 is 0 Å². The van der Waals surface area contributed by atoms with Crippen molar-refractivity contribution >= 4 is 46.7 Å². The second kappa shape index (κ2) is 9.49. The molecule has 3 amide bonds. The Balaban J connectivity index is 2.02. The SMILES string of the molecule is COc1ccc(C(=O)[C@H](C)N(C(=O)c2ccc(Cl)c(Cl)c2)N2C(=O)CCCC2=O)cc1. The number of piperidine rings is 1. The first-order valence-corrected chi connectivity index (χ1v) is 10.3. The van der Waals surface area contributed by atoms with Crippen LogP contribution >= 0.6 is 23.2 Å². The molecule has 31 heavy (non-hydrogen) atoms. The van der Waals surface area contributed by atoms with E-state index in [1.807, 2.05) is 0 Å². The van der Waals surface area contributed by atoms with Crippen LogP contribution in [0.3, 0.4) is 0 Å². The molecule has 0 aromatic heterocycles. The topological polar surface area (TPSA) is 84.0 Å². The summed E-state index contributed by atoms with van der Waals surface area (Å²) < 4.78 is 5.10. The van der Waals surface area contributed by atoms with Gasteiger partial charge in [0.2, 0.25) is 11.8 Å². The van der Waals surface area contributed by atoms with E-state index in [1.54, 1.807) is 24.3 Å². The van der Waals surface area contributed by atoms with E-state index in [2.05, 4.69) is 0 Å². The molecule has 9 heteroatoms. The third-order valence-electron chi connectivity index (χ3n) is 4.96. The van der Waals surface area contributed by atoms with Gasteiger partial charge in [-0.1, -0.05) is 23.2 Å². The Morgan fingerprint density at radius 2 is 1.55 bits per heavy atom. The fourth-order valence-electron chi connectivity index (χ4n) is 3.29. The number of ketones is 1. The molecule has 2 aromatic carbocycles. The first-order valence-electron chi connectivity index (χ1n) is 9.57. The van der Waals surface area contributed by atoms with Crippen molar-refractivity contribution in [3.05, 3.63) is 63.6 Å². The van der Waals surface area contributed by atoms with Crippen LogP contribution in [-0.4, -0.2) is 46.7 Å². The Bertz CT molecular complexity index is 1020. The summed E-state index contributed by atoms with van der Waals surface area (Å²) in [5.41, 5.74) is 0.395. The minimum atomic E-state index is -1.14. The van der Waals surface area contributed by atoms with E-state index in [-0.39, 0.29) is 28.5 Å². The van der Waals surface area contributed by atoms with E-state index in [0.717, 1.165) is 10.0 Å². The minimum Gasteiger partial charge on any atom is -0.497 e. The lowest BCUT2D eigenvalue weighted by Crippen LogP contribution is -2.59. The zero-order valence-electron chi connectivity index (χ0n) is 16.9. The maximum atomic E-state index is 13.4. The molecular weight excluding hydrogens is 443 g/mol. The van der Waals surface area contributed by atoms with Crippen LogP contribution < -0.4 is 4.74 Å². The number of Topliss-reactive ketones (excluding diaryl/α,β-unsaturated/α-hetero) is 1. The molecule has 1 aliphatic heterocycles. The number of nitrogens with zero attached hydrogens (tertiary/aromatic N) is 2. The highest BCUT2D eigenvalue weighted by Gasteiger charge is 2.40. The van der Waals surface area contributed by atoms with Gasteiger partial charge in [-0.3, -0.25) is 19.2 Å². The summed E-state index contributed by atoms with van der Waals surface area (Å²) in [5, 5.41) is 2.08. The quantitative estimate of drug-likeness (QED) is 0.475. The maximum absolute atomic E-state index is 13.4. The molecule has 1 heterocycles. The summed E-state index contributed by atoms with van der Waals surface area (Å²) in [7, 11) is 1.50. The van der Waals surface area contributed by atoms with Crippen LogP contribution in [0.15, 0.2) is 42.5 Å². The first kappa shape index (κ1) is 22.8. The Labute approximate surface area is 189 Å². The van der Waals surface area contributed by atoms with Gasteiger partial charge in [0.25, 0.3) is 5.91 Å². The summed E-state index contributed by atoms with van der Waals surface area (Å²) in [6.45, 7) is 1.47. The maximum Gasteiger partial charge on any atom is 0.273 e. The summed E-state index contributed by atoms with van der Waals surface area (Å²) in [5.74, 6) is -1.67. The summed E-state index contributed by atoms with van der Waals surface area (Å²) in [6, 6.07) is 9.39. The number of ether oxygens (including phenoxy) is 1. The van der Waals surface area contributed by atoms with Gasteiger partial charge in [0, 0.05) is 24.0 Å². The number of methoxy groups -OCH3 is 1. The minimum absolute atomic E-state index is 0.0926. The number of hydrogen-bond donors (Lipinski definition) is 0. The van der Waals surface area contributed by atoms with Gasteiger partial charge in [0.1, 0.15) is 11.8 Å². The fourth-order valence-corrected chi connectivity index (χ4v) is 3.59. The van der Waals surface area contributed by atoms with Crippen LogP contribution in [0.2, 0.25) is 10.0 Å². The number of hydrogen-bond acceptors (Lipinski definition) is 5. The molecule has 1 atom stereocenters. The van der Waals surface area contributed by atoms with E-state index in [4.69, 9.17) is 27.9 Å². The molecule has 0 spiro atoms. The van der Waals surface area contributed by atoms with Gasteiger partial charge in [-0.2, -0.15) is 5.01 Å². The molecule has 0 aliphatic carbocycles. The smallest absolute Gasteiger partial charge is 0.273 e. The fraction of sp³-hybridized carbons (Fsp3) is 0.273. The molecule has 3 rings (SSSR count). The van der Waals surface area contributed by atoms with Crippen LogP contribution in [0.5, 0.6) is 5.75 Å². The Morgan fingerprint density at radius 1 is 0.968 bits per heavy atom. The number of imide groups is 1. The van der Waals surface area contributed by atoms with Crippen molar-refractivity contribution in [2.24, 2.45) is 0 Å². The van der Waals surface area contributed by atoms with Crippen molar-refractivity contribution in [3.63, 3.8) is 0 Å². The lowest BCUT2D eigenvalue weighted by atomic mass is 10.0. The van der Waals surface area contributed by atoms with Gasteiger partial charge in [0.05, 0.1) is 17.2 Å². The predicted molar refractivity (Wildman–Crippen MR) is 115 cm³/mol. The van der Waals surface area contributed by atoms with Crippen LogP contribution in [0, 0.1) is 0 Å². The zero-order valence-corrected chi connectivity index (χ0v) is 18.4. The molecule has 0 unspecified atom stereocenters. The molecule has 2 aromatic rings. The molecule has 0 N–H and O–H groups in total. The molecule has 0 bridgehead atoms. The van der Waals surface area contributed by atoms with Crippen LogP contribution in [0.4, 0.5) is 0 Å². The molecule has 0 radical (unpaired) electrons. The van der Waals surface area contributed by atoms with Gasteiger partial charge >= 0.3 is 0 Å². The number of carbonyl (C=O) groups is 4. The second-order valence-corrected chi connectivity index (χ2v) is 7.81. The lowest BCUT2D eigenvalue weighted by Gasteiger charge is -2.38. The number of amides is 3. The Hall–Kier alpha value is -2.90. The van der Waals surface area contributed by atoms with Gasteiger partial charge < -0.3 is 4.74 Å². The number of halogens is 2. The molecule has 162 valence electrons. The second-order valence-electron chi connectivity index (χ2n) is 7.00. The van der Waals surface area contributed by atoms with Crippen molar-refractivity contribution in [2.45, 2.75) is 32.2 Å². The normalized spacial score (nSPS) is 14.9. The third-order valence-corrected chi connectivity index (χ3v) is 5.70. The molecule has 1 aliphatic rings. The average Bonchev–Trinajstić information content (AvgIpc) is 2.77. The monoisotopic (exact) mass is 462 g/mol. The van der Waals surface area contributed by atoms with Gasteiger partial charge in [-0.15, -0.1) is 0 Å². The van der Waals surface area contributed by atoms with Crippen molar-refractivity contribution in [1.82, 2.24) is 10.0 Å². The number of rotatable bonds is 6. The average molecular weight is 463 g/mol. The number of benzene rings is 2. The number of carbonyl (C=O) groups excluding carboxylic acids is 4. The van der Waals surface area contributed by atoms with E-state index in [0.29, 0.717) is 17.7 Å². The van der Waals surface area contributed by atoms with Crippen molar-refractivity contribution in [3.8, 4) is 5.75 Å². The van der Waals surface area contributed by atoms with Gasteiger partial charge in [-0.25, -0.2) is 5.01 Å². The van der Waals surface area contributed by atoms with Crippen molar-refractivity contribution < 1.29 is 23.9 Å². The largest absolute Gasteiger partial charge is 0.497 e. The highest BCUT2D eigenvalue weighted by atomic mass is 35.5. The first-order chi connectivity index (χ1) is 14.7. The molecule has 7 nitrogen and oxygen atoms in total. The zero-order chi connectivity index (χ0) is 22.7. The summed E-state index contributed by atoms with van der Waals surface area (Å²) >= 11 is 12.0. The van der Waals surface area contributed by atoms with Crippen molar-refractivity contribution in [1.29, 1.82) is 0 Å². The van der Waals surface area contributed by atoms with E-state index in [9.17, 15) is 19.2 Å². The predicted octanol–water partition coefficient (Wildman–Crippen LogP) is 4.17. The van der Waals surface area contributed by atoms with Gasteiger partial charge in [0.15, 0.2) is 5.78 Å².